The molecule has 0 unspecified atom stereocenters. The molecule has 0 fully saturated rings. The van der Waals surface area contributed by atoms with Crippen molar-refractivity contribution >= 4 is 40.5 Å². The number of phenolic OH excluding ortho intramolecular Hbond substituents is 1. The normalized spacial score (nSPS) is 11.8. The van der Waals surface area contributed by atoms with Crippen LogP contribution < -0.4 is 10.5 Å². The number of quaternary nitrogens is 1. The van der Waals surface area contributed by atoms with Gasteiger partial charge in [-0.15, -0.1) is 0 Å². The van der Waals surface area contributed by atoms with E-state index in [1.54, 1.807) is 6.92 Å². The molecule has 0 aliphatic carbocycles. The van der Waals surface area contributed by atoms with Gasteiger partial charge < -0.3 is 26.1 Å². The SMILES string of the molecule is Cc1cc(C(C)(C)C)c(O)c(C(=O)Nc2c(Cl)cc([NH+]([O-])[O-])cc2Cl)c1C. The Morgan fingerprint density at radius 1 is 1.11 bits per heavy atom. The summed E-state index contributed by atoms with van der Waals surface area (Å²) < 4.78 is 0. The van der Waals surface area contributed by atoms with Crippen molar-refractivity contribution in [2.45, 2.75) is 40.0 Å². The van der Waals surface area contributed by atoms with Crippen molar-refractivity contribution in [3.63, 3.8) is 0 Å². The fourth-order valence-corrected chi connectivity index (χ4v) is 3.32. The molecule has 0 aliphatic heterocycles. The van der Waals surface area contributed by atoms with Crippen LogP contribution in [-0.4, -0.2) is 11.0 Å². The number of halogens is 2. The molecule has 0 heterocycles. The Kier molecular flexibility index (Phi) is 6.09. The minimum absolute atomic E-state index is 0.0455. The van der Waals surface area contributed by atoms with Gasteiger partial charge in [0.05, 0.1) is 21.3 Å². The molecule has 0 aromatic heterocycles. The number of nitrogens with one attached hydrogen (secondary N) is 2. The highest BCUT2D eigenvalue weighted by atomic mass is 35.5. The lowest BCUT2D eigenvalue weighted by atomic mass is 9.82. The van der Waals surface area contributed by atoms with E-state index in [1.165, 1.54) is 0 Å². The summed E-state index contributed by atoms with van der Waals surface area (Å²) in [6.07, 6.45) is 0. The topological polar surface area (TPSA) is 99.9 Å². The van der Waals surface area contributed by atoms with Crippen LogP contribution in [0.5, 0.6) is 5.75 Å². The van der Waals surface area contributed by atoms with Crippen molar-refractivity contribution in [3.05, 3.63) is 60.9 Å². The highest BCUT2D eigenvalue weighted by Gasteiger charge is 2.26. The first kappa shape index (κ1) is 21.5. The van der Waals surface area contributed by atoms with Gasteiger partial charge in [-0.3, -0.25) is 4.79 Å². The molecule has 3 N–H and O–H groups in total. The second kappa shape index (κ2) is 7.66. The number of hydrogen-bond donors (Lipinski definition) is 3. The molecule has 146 valence electrons. The van der Waals surface area contributed by atoms with Crippen molar-refractivity contribution in [1.82, 2.24) is 0 Å². The minimum atomic E-state index is -1.43. The van der Waals surface area contributed by atoms with Crippen LogP contribution in [0.15, 0.2) is 18.2 Å². The summed E-state index contributed by atoms with van der Waals surface area (Å²) in [4.78, 5) is 12.9. The van der Waals surface area contributed by atoms with E-state index in [2.05, 4.69) is 5.32 Å². The van der Waals surface area contributed by atoms with Crippen LogP contribution in [0.2, 0.25) is 10.0 Å². The van der Waals surface area contributed by atoms with Gasteiger partial charge in [0.2, 0.25) is 0 Å². The predicted molar refractivity (Wildman–Crippen MR) is 108 cm³/mol. The number of carbonyl (C=O) groups is 1. The first-order chi connectivity index (χ1) is 12.3. The molecular weight excluding hydrogens is 391 g/mol. The third-order valence-corrected chi connectivity index (χ3v) is 4.97. The Morgan fingerprint density at radius 2 is 1.63 bits per heavy atom. The Morgan fingerprint density at radius 3 is 2.07 bits per heavy atom. The predicted octanol–water partition coefficient (Wildman–Crippen LogP) is 4.38. The number of amides is 1. The van der Waals surface area contributed by atoms with Gasteiger partial charge in [0, 0.05) is 17.7 Å². The van der Waals surface area contributed by atoms with Crippen molar-refractivity contribution < 1.29 is 15.1 Å². The zero-order chi connectivity index (χ0) is 20.7. The Labute approximate surface area is 167 Å². The molecule has 0 radical (unpaired) electrons. The lowest BCUT2D eigenvalue weighted by molar-refractivity contribution is -0.715. The van der Waals surface area contributed by atoms with E-state index >= 15 is 0 Å². The van der Waals surface area contributed by atoms with Crippen LogP contribution in [0.25, 0.3) is 0 Å². The van der Waals surface area contributed by atoms with Crippen LogP contribution in [0.4, 0.5) is 11.4 Å². The summed E-state index contributed by atoms with van der Waals surface area (Å²) in [6, 6.07) is 4.14. The molecule has 6 nitrogen and oxygen atoms in total. The third-order valence-electron chi connectivity index (χ3n) is 4.37. The molecule has 1 amide bonds. The van der Waals surface area contributed by atoms with Gasteiger partial charge in [-0.05, 0) is 30.4 Å². The lowest BCUT2D eigenvalue weighted by Gasteiger charge is -2.26. The standard InChI is InChI=1S/C19H21Cl2N2O4/c1-9-6-12(19(3,4)5)17(24)15(10(9)2)18(25)22-16-13(20)7-11(23(26)27)8-14(16)21/h6-8,23-24H,1-5H3,(H,22,25)/q-1. The minimum Gasteiger partial charge on any atom is -0.628 e. The summed E-state index contributed by atoms with van der Waals surface area (Å²) >= 11 is 12.1. The number of anilines is 1. The first-order valence-corrected chi connectivity index (χ1v) is 8.95. The fraction of sp³-hybridized carbons (Fsp3) is 0.316. The van der Waals surface area contributed by atoms with Crippen molar-refractivity contribution in [1.29, 1.82) is 0 Å². The van der Waals surface area contributed by atoms with Gasteiger partial charge in [-0.2, -0.15) is 0 Å². The first-order valence-electron chi connectivity index (χ1n) is 8.20. The number of aryl methyl sites for hydroxylation is 1. The molecule has 0 bridgehead atoms. The monoisotopic (exact) mass is 411 g/mol. The molecule has 2 rings (SSSR count). The van der Waals surface area contributed by atoms with Crippen LogP contribution in [0.1, 0.15) is 47.8 Å². The summed E-state index contributed by atoms with van der Waals surface area (Å²) in [7, 11) is 0. The van der Waals surface area contributed by atoms with Crippen LogP contribution >= 0.6 is 23.2 Å². The maximum atomic E-state index is 12.9. The largest absolute Gasteiger partial charge is 0.628 e. The molecule has 8 heteroatoms. The second-order valence-electron chi connectivity index (χ2n) is 7.40. The van der Waals surface area contributed by atoms with Gasteiger partial charge in [0.15, 0.2) is 0 Å². The molecule has 0 saturated carbocycles. The van der Waals surface area contributed by atoms with Gasteiger partial charge in [-0.1, -0.05) is 50.0 Å². The summed E-state index contributed by atoms with van der Waals surface area (Å²) in [5, 5.41) is 33.7. The van der Waals surface area contributed by atoms with Crippen LogP contribution in [-0.2, 0) is 5.41 Å². The van der Waals surface area contributed by atoms with E-state index in [1.807, 2.05) is 33.8 Å². The Balaban J connectivity index is 2.53. The molecule has 2 aromatic rings. The number of aromatic hydroxyl groups is 1. The van der Waals surface area contributed by atoms with Crippen molar-refractivity contribution in [2.24, 2.45) is 0 Å². The molecule has 27 heavy (non-hydrogen) atoms. The van der Waals surface area contributed by atoms with Gasteiger partial charge in [0.25, 0.3) is 5.91 Å². The number of hydrogen-bond acceptors (Lipinski definition) is 4. The van der Waals surface area contributed by atoms with Gasteiger partial charge in [0.1, 0.15) is 11.4 Å². The number of rotatable bonds is 3. The second-order valence-corrected chi connectivity index (χ2v) is 8.21. The van der Waals surface area contributed by atoms with E-state index in [4.69, 9.17) is 23.2 Å². The van der Waals surface area contributed by atoms with Gasteiger partial charge >= 0.3 is 0 Å². The van der Waals surface area contributed by atoms with Crippen molar-refractivity contribution in [3.8, 4) is 5.75 Å². The van der Waals surface area contributed by atoms with Crippen molar-refractivity contribution in [2.75, 3.05) is 5.32 Å². The molecule has 2 aromatic carbocycles. The van der Waals surface area contributed by atoms with E-state index in [-0.39, 0.29) is 38.1 Å². The molecule has 0 spiro atoms. The van der Waals surface area contributed by atoms with E-state index < -0.39 is 11.1 Å². The number of phenols is 1. The average molecular weight is 412 g/mol. The van der Waals surface area contributed by atoms with E-state index in [0.29, 0.717) is 11.1 Å². The molecule has 0 atom stereocenters. The zero-order valence-electron chi connectivity index (χ0n) is 15.7. The maximum absolute atomic E-state index is 12.9. The van der Waals surface area contributed by atoms with Crippen LogP contribution in [0, 0.1) is 24.3 Å². The Hall–Kier alpha value is -1.83. The highest BCUT2D eigenvalue weighted by molar-refractivity contribution is 6.40. The van der Waals surface area contributed by atoms with E-state index in [9.17, 15) is 20.3 Å². The molecule has 0 aliphatic rings. The summed E-state index contributed by atoms with van der Waals surface area (Å²) in [5.41, 5.74) is 1.72. The Bertz CT molecular complexity index is 883. The number of carbonyl (C=O) groups excluding carboxylic acids is 1. The quantitative estimate of drug-likeness (QED) is 0.652. The summed E-state index contributed by atoms with van der Waals surface area (Å²) in [5.74, 6) is -0.703. The third kappa shape index (κ3) is 4.36. The zero-order valence-corrected chi connectivity index (χ0v) is 17.2. The number of benzene rings is 2. The average Bonchev–Trinajstić information content (AvgIpc) is 2.53. The molecular formula is C19H21Cl2N2O4-. The van der Waals surface area contributed by atoms with Crippen LogP contribution in [0.3, 0.4) is 0 Å². The lowest BCUT2D eigenvalue weighted by Crippen LogP contribution is -2.96. The maximum Gasteiger partial charge on any atom is 0.259 e. The highest BCUT2D eigenvalue weighted by Crippen LogP contribution is 2.38. The van der Waals surface area contributed by atoms with Gasteiger partial charge in [-0.25, -0.2) is 0 Å². The fourth-order valence-electron chi connectivity index (χ4n) is 2.74. The van der Waals surface area contributed by atoms with E-state index in [0.717, 1.165) is 17.7 Å². The summed E-state index contributed by atoms with van der Waals surface area (Å²) in [6.45, 7) is 9.40. The smallest absolute Gasteiger partial charge is 0.259 e. The molecule has 0 saturated heterocycles.